The number of hydrogen-bond acceptors (Lipinski definition) is 4. The molecule has 3 rings (SSSR count). The third-order valence-corrected chi connectivity index (χ3v) is 4.94. The Labute approximate surface area is 149 Å². The number of rotatable bonds is 5. The number of carbonyl (C=O) groups is 1. The molecule has 5 nitrogen and oxygen atoms in total. The number of halogens is 1. The molecule has 1 amide bonds. The first-order chi connectivity index (χ1) is 11.3. The van der Waals surface area contributed by atoms with Gasteiger partial charge in [0.05, 0.1) is 6.10 Å². The lowest BCUT2D eigenvalue weighted by Gasteiger charge is -2.23. The maximum Gasteiger partial charge on any atom is 0.248 e. The van der Waals surface area contributed by atoms with Gasteiger partial charge in [0.25, 0.3) is 0 Å². The maximum atomic E-state index is 12.5. The summed E-state index contributed by atoms with van der Waals surface area (Å²) in [4.78, 5) is 14.4. The monoisotopic (exact) mass is 354 g/mol. The van der Waals surface area contributed by atoms with Gasteiger partial charge in [0, 0.05) is 32.2 Å². The van der Waals surface area contributed by atoms with Crippen LogP contribution in [0, 0.1) is 5.92 Å². The molecular formula is C18H27ClN2O3. The van der Waals surface area contributed by atoms with Crippen LogP contribution in [0.2, 0.25) is 0 Å². The number of amides is 1. The van der Waals surface area contributed by atoms with E-state index in [1.165, 1.54) is 5.56 Å². The predicted octanol–water partition coefficient (Wildman–Crippen LogP) is 1.80. The summed E-state index contributed by atoms with van der Waals surface area (Å²) >= 11 is 0. The van der Waals surface area contributed by atoms with Crippen molar-refractivity contribution >= 4 is 18.3 Å². The summed E-state index contributed by atoms with van der Waals surface area (Å²) in [7, 11) is 0. The minimum Gasteiger partial charge on any atom is -0.381 e. The molecule has 24 heavy (non-hydrogen) atoms. The highest BCUT2D eigenvalue weighted by molar-refractivity contribution is 5.85. The summed E-state index contributed by atoms with van der Waals surface area (Å²) in [5.74, 6) is 0.728. The molecule has 1 aromatic rings. The van der Waals surface area contributed by atoms with Crippen molar-refractivity contribution in [2.45, 2.75) is 24.9 Å². The van der Waals surface area contributed by atoms with Crippen molar-refractivity contribution in [3.63, 3.8) is 0 Å². The first-order valence-electron chi connectivity index (χ1n) is 8.50. The zero-order chi connectivity index (χ0) is 16.1. The van der Waals surface area contributed by atoms with Gasteiger partial charge in [-0.2, -0.15) is 0 Å². The molecule has 0 unspecified atom stereocenters. The number of ether oxygens (including phenoxy) is 2. The first-order valence-corrected chi connectivity index (χ1v) is 8.50. The van der Waals surface area contributed by atoms with E-state index in [4.69, 9.17) is 15.2 Å². The number of likely N-dealkylation sites (tertiary alicyclic amines) is 1. The average molecular weight is 355 g/mol. The van der Waals surface area contributed by atoms with Crippen molar-refractivity contribution in [1.82, 2.24) is 4.90 Å². The van der Waals surface area contributed by atoms with Gasteiger partial charge < -0.3 is 20.1 Å². The molecule has 0 bridgehead atoms. The molecule has 0 radical (unpaired) electrons. The van der Waals surface area contributed by atoms with Crippen molar-refractivity contribution in [3.8, 4) is 0 Å². The zero-order valence-corrected chi connectivity index (χ0v) is 14.7. The van der Waals surface area contributed by atoms with Crippen molar-refractivity contribution in [2.24, 2.45) is 11.7 Å². The lowest BCUT2D eigenvalue weighted by Crippen LogP contribution is -2.35. The van der Waals surface area contributed by atoms with Gasteiger partial charge in [-0.3, -0.25) is 4.79 Å². The topological polar surface area (TPSA) is 64.8 Å². The molecule has 2 heterocycles. The Bertz CT molecular complexity index is 508. The van der Waals surface area contributed by atoms with Crippen LogP contribution >= 0.6 is 12.4 Å². The summed E-state index contributed by atoms with van der Waals surface area (Å²) < 4.78 is 11.1. The first kappa shape index (κ1) is 19.2. The van der Waals surface area contributed by atoms with E-state index < -0.39 is 0 Å². The van der Waals surface area contributed by atoms with Gasteiger partial charge in [0.1, 0.15) is 6.61 Å². The van der Waals surface area contributed by atoms with Crippen LogP contribution < -0.4 is 5.73 Å². The van der Waals surface area contributed by atoms with Gasteiger partial charge in [-0.25, -0.2) is 0 Å². The summed E-state index contributed by atoms with van der Waals surface area (Å²) in [5.41, 5.74) is 7.20. The van der Waals surface area contributed by atoms with Crippen molar-refractivity contribution in [2.75, 3.05) is 39.5 Å². The number of benzene rings is 1. The van der Waals surface area contributed by atoms with E-state index in [1.807, 2.05) is 23.1 Å². The average Bonchev–Trinajstić information content (AvgIpc) is 3.06. The Morgan fingerprint density at radius 1 is 1.21 bits per heavy atom. The number of hydrogen-bond donors (Lipinski definition) is 1. The Morgan fingerprint density at radius 3 is 2.58 bits per heavy atom. The van der Waals surface area contributed by atoms with E-state index in [-0.39, 0.29) is 31.0 Å². The Balaban J connectivity index is 0.00000208. The van der Waals surface area contributed by atoms with Crippen LogP contribution in [-0.2, 0) is 14.3 Å². The summed E-state index contributed by atoms with van der Waals surface area (Å²) in [6, 6.07) is 10.4. The molecule has 2 atom stereocenters. The minimum atomic E-state index is 0. The Hall–Kier alpha value is -1.14. The van der Waals surface area contributed by atoms with Gasteiger partial charge in [-0.1, -0.05) is 30.3 Å². The predicted molar refractivity (Wildman–Crippen MR) is 95.3 cm³/mol. The molecule has 0 saturated carbocycles. The molecule has 2 aliphatic rings. The molecule has 2 N–H and O–H groups in total. The van der Waals surface area contributed by atoms with Crippen LogP contribution in [0.15, 0.2) is 30.3 Å². The summed E-state index contributed by atoms with van der Waals surface area (Å²) in [5, 5.41) is 0. The SMILES string of the molecule is Cl.NC[C@@H]1CN(C(=O)COC2CCOCC2)C[C@H]1c1ccccc1. The number of nitrogens with two attached hydrogens (primary N) is 1. The quantitative estimate of drug-likeness (QED) is 0.875. The lowest BCUT2D eigenvalue weighted by molar-refractivity contribution is -0.139. The molecule has 134 valence electrons. The largest absolute Gasteiger partial charge is 0.381 e. The van der Waals surface area contributed by atoms with Crippen LogP contribution in [0.5, 0.6) is 0 Å². The van der Waals surface area contributed by atoms with E-state index in [9.17, 15) is 4.79 Å². The normalized spacial score (nSPS) is 24.6. The van der Waals surface area contributed by atoms with Crippen LogP contribution in [0.3, 0.4) is 0 Å². The zero-order valence-electron chi connectivity index (χ0n) is 13.9. The molecule has 0 aliphatic carbocycles. The van der Waals surface area contributed by atoms with Gasteiger partial charge in [-0.05, 0) is 30.9 Å². The fraction of sp³-hybridized carbons (Fsp3) is 0.611. The van der Waals surface area contributed by atoms with E-state index in [1.54, 1.807) is 0 Å². The van der Waals surface area contributed by atoms with E-state index in [0.29, 0.717) is 18.4 Å². The second-order valence-electron chi connectivity index (χ2n) is 6.43. The Morgan fingerprint density at radius 2 is 1.92 bits per heavy atom. The highest BCUT2D eigenvalue weighted by atomic mass is 35.5. The molecule has 2 saturated heterocycles. The molecule has 0 aromatic heterocycles. The minimum absolute atomic E-state index is 0. The third kappa shape index (κ3) is 4.70. The van der Waals surface area contributed by atoms with E-state index >= 15 is 0 Å². The molecule has 6 heteroatoms. The Kier molecular flexibility index (Phi) is 7.49. The lowest BCUT2D eigenvalue weighted by atomic mass is 9.89. The van der Waals surface area contributed by atoms with Gasteiger partial charge in [0.2, 0.25) is 5.91 Å². The van der Waals surface area contributed by atoms with Crippen molar-refractivity contribution < 1.29 is 14.3 Å². The highest BCUT2D eigenvalue weighted by Gasteiger charge is 2.35. The fourth-order valence-electron chi connectivity index (χ4n) is 3.51. The van der Waals surface area contributed by atoms with Crippen molar-refractivity contribution in [3.05, 3.63) is 35.9 Å². The smallest absolute Gasteiger partial charge is 0.248 e. The van der Waals surface area contributed by atoms with Gasteiger partial charge in [-0.15, -0.1) is 12.4 Å². The highest BCUT2D eigenvalue weighted by Crippen LogP contribution is 2.32. The third-order valence-electron chi connectivity index (χ3n) is 4.94. The summed E-state index contributed by atoms with van der Waals surface area (Å²) in [6.45, 7) is 3.70. The van der Waals surface area contributed by atoms with Gasteiger partial charge in [0.15, 0.2) is 0 Å². The van der Waals surface area contributed by atoms with Crippen LogP contribution in [0.25, 0.3) is 0 Å². The van der Waals surface area contributed by atoms with Crippen molar-refractivity contribution in [1.29, 1.82) is 0 Å². The second kappa shape index (κ2) is 9.37. The van der Waals surface area contributed by atoms with E-state index in [0.717, 1.165) is 39.1 Å². The van der Waals surface area contributed by atoms with Crippen LogP contribution in [0.4, 0.5) is 0 Å². The maximum absolute atomic E-state index is 12.5. The molecule has 0 spiro atoms. The fourth-order valence-corrected chi connectivity index (χ4v) is 3.51. The second-order valence-corrected chi connectivity index (χ2v) is 6.43. The molecule has 2 fully saturated rings. The number of nitrogens with zero attached hydrogens (tertiary/aromatic N) is 1. The van der Waals surface area contributed by atoms with Crippen LogP contribution in [-0.4, -0.2) is 56.4 Å². The molecular weight excluding hydrogens is 328 g/mol. The van der Waals surface area contributed by atoms with Gasteiger partial charge >= 0.3 is 0 Å². The van der Waals surface area contributed by atoms with Crippen LogP contribution in [0.1, 0.15) is 24.3 Å². The number of carbonyl (C=O) groups excluding carboxylic acids is 1. The summed E-state index contributed by atoms with van der Waals surface area (Å²) in [6.07, 6.45) is 1.92. The van der Waals surface area contributed by atoms with E-state index in [2.05, 4.69) is 12.1 Å². The molecule has 1 aromatic carbocycles. The standard InChI is InChI=1S/C18H26N2O3.ClH/c19-10-15-11-20(12-17(15)14-4-2-1-3-5-14)18(21)13-23-16-6-8-22-9-7-16;/h1-5,15-17H,6-13,19H2;1H/t15-,17+;/m1./s1. The molecule has 2 aliphatic heterocycles.